The van der Waals surface area contributed by atoms with Gasteiger partial charge in [0.05, 0.1) is 11.2 Å². The Morgan fingerprint density at radius 3 is 2.61 bits per heavy atom. The third-order valence-corrected chi connectivity index (χ3v) is 3.77. The van der Waals surface area contributed by atoms with Crippen LogP contribution in [-0.2, 0) is 0 Å². The second-order valence-electron chi connectivity index (χ2n) is 5.38. The van der Waals surface area contributed by atoms with Crippen LogP contribution in [0.4, 0.5) is 0 Å². The number of benzene rings is 2. The molecular formula is C20H15N3. The van der Waals surface area contributed by atoms with Gasteiger partial charge in [0.1, 0.15) is 0 Å². The maximum absolute atomic E-state index is 4.67. The molecule has 3 aromatic rings. The van der Waals surface area contributed by atoms with E-state index in [4.69, 9.17) is 0 Å². The molecule has 4 rings (SSSR count). The molecule has 23 heavy (non-hydrogen) atoms. The molecular weight excluding hydrogens is 282 g/mol. The second-order valence-corrected chi connectivity index (χ2v) is 5.38. The number of hydrogen-bond donors (Lipinski definition) is 0. The van der Waals surface area contributed by atoms with E-state index in [0.717, 1.165) is 34.3 Å². The molecule has 0 bridgehead atoms. The summed E-state index contributed by atoms with van der Waals surface area (Å²) < 4.78 is 0. The molecule has 0 N–H and O–H groups in total. The minimum atomic E-state index is 0.708. The van der Waals surface area contributed by atoms with Gasteiger partial charge in [-0.2, -0.15) is 0 Å². The van der Waals surface area contributed by atoms with Crippen molar-refractivity contribution in [1.82, 2.24) is 9.97 Å². The molecule has 0 unspecified atom stereocenters. The molecule has 0 fully saturated rings. The highest BCUT2D eigenvalue weighted by Crippen LogP contribution is 2.22. The van der Waals surface area contributed by atoms with Gasteiger partial charge in [0.25, 0.3) is 0 Å². The van der Waals surface area contributed by atoms with E-state index < -0.39 is 0 Å². The summed E-state index contributed by atoms with van der Waals surface area (Å²) in [6.07, 6.45) is 8.76. The molecule has 1 aromatic heterocycles. The number of hydrogen-bond acceptors (Lipinski definition) is 3. The predicted octanol–water partition coefficient (Wildman–Crippen LogP) is 4.53. The first-order valence-electron chi connectivity index (χ1n) is 7.61. The summed E-state index contributed by atoms with van der Waals surface area (Å²) in [4.78, 5) is 13.6. The van der Waals surface area contributed by atoms with Gasteiger partial charge in [0.2, 0.25) is 0 Å². The van der Waals surface area contributed by atoms with Gasteiger partial charge in [-0.3, -0.25) is 4.99 Å². The Kier molecular flexibility index (Phi) is 3.53. The van der Waals surface area contributed by atoms with E-state index in [1.165, 1.54) is 0 Å². The minimum absolute atomic E-state index is 0.708. The zero-order chi connectivity index (χ0) is 15.5. The van der Waals surface area contributed by atoms with Crippen LogP contribution in [0.15, 0.2) is 77.9 Å². The molecule has 2 aromatic carbocycles. The molecule has 3 heteroatoms. The number of aromatic nitrogens is 2. The lowest BCUT2D eigenvalue weighted by atomic mass is 10.1. The zero-order valence-corrected chi connectivity index (χ0v) is 12.6. The lowest BCUT2D eigenvalue weighted by molar-refractivity contribution is 1.18. The van der Waals surface area contributed by atoms with Gasteiger partial charge in [0, 0.05) is 23.7 Å². The first-order chi connectivity index (χ1) is 11.4. The summed E-state index contributed by atoms with van der Waals surface area (Å²) in [7, 11) is 0. The van der Waals surface area contributed by atoms with E-state index >= 15 is 0 Å². The molecule has 1 aliphatic heterocycles. The molecule has 2 heterocycles. The van der Waals surface area contributed by atoms with Crippen LogP contribution in [0.3, 0.4) is 0 Å². The van der Waals surface area contributed by atoms with Gasteiger partial charge in [-0.25, -0.2) is 9.97 Å². The molecule has 0 spiro atoms. The van der Waals surface area contributed by atoms with Gasteiger partial charge in [-0.05, 0) is 23.8 Å². The number of nitrogens with zero attached hydrogens (tertiary/aromatic N) is 3. The average Bonchev–Trinajstić information content (AvgIpc) is 3.10. The van der Waals surface area contributed by atoms with Gasteiger partial charge in [0.15, 0.2) is 5.82 Å². The normalized spacial score (nSPS) is 14.3. The van der Waals surface area contributed by atoms with E-state index in [9.17, 15) is 0 Å². The van der Waals surface area contributed by atoms with Gasteiger partial charge < -0.3 is 0 Å². The van der Waals surface area contributed by atoms with Crippen molar-refractivity contribution in [3.8, 4) is 0 Å². The summed E-state index contributed by atoms with van der Waals surface area (Å²) >= 11 is 0. The Morgan fingerprint density at radius 2 is 1.70 bits per heavy atom. The zero-order valence-electron chi connectivity index (χ0n) is 12.6. The van der Waals surface area contributed by atoms with Crippen LogP contribution in [-0.4, -0.2) is 15.7 Å². The van der Waals surface area contributed by atoms with Crippen LogP contribution in [0.5, 0.6) is 0 Å². The summed E-state index contributed by atoms with van der Waals surface area (Å²) in [6.45, 7) is 0. The van der Waals surface area contributed by atoms with Crippen molar-refractivity contribution in [2.24, 2.45) is 4.99 Å². The largest absolute Gasteiger partial charge is 0.253 e. The van der Waals surface area contributed by atoms with Crippen molar-refractivity contribution >= 4 is 28.4 Å². The number of aliphatic imine (C=N–C) groups is 1. The smallest absolute Gasteiger partial charge is 0.152 e. The second kappa shape index (κ2) is 5.97. The highest BCUT2D eigenvalue weighted by Gasteiger charge is 2.07. The van der Waals surface area contributed by atoms with E-state index in [2.05, 4.69) is 33.2 Å². The predicted molar refractivity (Wildman–Crippen MR) is 95.0 cm³/mol. The van der Waals surface area contributed by atoms with Crippen LogP contribution < -0.4 is 0 Å². The summed E-state index contributed by atoms with van der Waals surface area (Å²) in [5, 5.41) is 1.05. The lowest BCUT2D eigenvalue weighted by Gasteiger charge is -1.98. The first kappa shape index (κ1) is 13.6. The SMILES string of the molecule is C(=Cc1ncc2ccccc2n1)C1=NC(c2ccccc2)=CC1. The molecule has 0 radical (unpaired) electrons. The van der Waals surface area contributed by atoms with Gasteiger partial charge in [-0.1, -0.05) is 54.6 Å². The fourth-order valence-corrected chi connectivity index (χ4v) is 2.58. The average molecular weight is 297 g/mol. The molecule has 0 saturated carbocycles. The minimum Gasteiger partial charge on any atom is -0.253 e. The maximum Gasteiger partial charge on any atom is 0.152 e. The topological polar surface area (TPSA) is 38.1 Å². The summed E-state index contributed by atoms with van der Waals surface area (Å²) in [5.41, 5.74) is 4.17. The number of para-hydroxylation sites is 1. The number of allylic oxidation sites excluding steroid dienone is 2. The molecule has 1 aliphatic rings. The summed E-state index contributed by atoms with van der Waals surface area (Å²) in [5.74, 6) is 0.708. The highest BCUT2D eigenvalue weighted by atomic mass is 14.9. The van der Waals surface area contributed by atoms with Crippen molar-refractivity contribution in [1.29, 1.82) is 0 Å². The van der Waals surface area contributed by atoms with Gasteiger partial charge >= 0.3 is 0 Å². The Bertz CT molecular complexity index is 937. The maximum atomic E-state index is 4.67. The van der Waals surface area contributed by atoms with Crippen LogP contribution >= 0.6 is 0 Å². The highest BCUT2D eigenvalue weighted by molar-refractivity contribution is 6.05. The third-order valence-electron chi connectivity index (χ3n) is 3.77. The van der Waals surface area contributed by atoms with Gasteiger partial charge in [-0.15, -0.1) is 0 Å². The Morgan fingerprint density at radius 1 is 0.870 bits per heavy atom. The van der Waals surface area contributed by atoms with E-state index in [1.807, 2.05) is 60.8 Å². The number of fused-ring (bicyclic) bond motifs is 1. The van der Waals surface area contributed by atoms with Crippen molar-refractivity contribution in [2.45, 2.75) is 6.42 Å². The Labute approximate surface area is 134 Å². The van der Waals surface area contributed by atoms with Crippen LogP contribution in [0.1, 0.15) is 17.8 Å². The third kappa shape index (κ3) is 2.94. The quantitative estimate of drug-likeness (QED) is 0.712. The van der Waals surface area contributed by atoms with Crippen molar-refractivity contribution in [2.75, 3.05) is 0 Å². The molecule has 0 saturated heterocycles. The fraction of sp³-hybridized carbons (Fsp3) is 0.0500. The van der Waals surface area contributed by atoms with E-state index in [-0.39, 0.29) is 0 Å². The van der Waals surface area contributed by atoms with Crippen molar-refractivity contribution < 1.29 is 0 Å². The standard InChI is InChI=1S/C20H15N3/c1-2-6-15(7-3-1)19-12-10-17(22-19)11-13-20-21-14-16-8-4-5-9-18(16)23-20/h1-9,11-14H,10H2. The van der Waals surface area contributed by atoms with Crippen LogP contribution in [0, 0.1) is 0 Å². The van der Waals surface area contributed by atoms with E-state index in [0.29, 0.717) is 5.82 Å². The molecule has 0 atom stereocenters. The molecule has 0 amide bonds. The molecule has 0 aliphatic carbocycles. The Hall–Kier alpha value is -3.07. The Balaban J connectivity index is 1.55. The van der Waals surface area contributed by atoms with Crippen LogP contribution in [0.2, 0.25) is 0 Å². The first-order valence-corrected chi connectivity index (χ1v) is 7.61. The molecule has 3 nitrogen and oxygen atoms in total. The lowest BCUT2D eigenvalue weighted by Crippen LogP contribution is -1.90. The number of rotatable bonds is 3. The van der Waals surface area contributed by atoms with Crippen molar-refractivity contribution in [3.05, 3.63) is 84.3 Å². The van der Waals surface area contributed by atoms with E-state index in [1.54, 1.807) is 0 Å². The van der Waals surface area contributed by atoms with Crippen LogP contribution in [0.25, 0.3) is 22.7 Å². The van der Waals surface area contributed by atoms with Crippen molar-refractivity contribution in [3.63, 3.8) is 0 Å². The fourth-order valence-electron chi connectivity index (χ4n) is 2.58. The monoisotopic (exact) mass is 297 g/mol. The summed E-state index contributed by atoms with van der Waals surface area (Å²) in [6, 6.07) is 18.2. The molecule has 110 valence electrons.